The lowest BCUT2D eigenvalue weighted by Gasteiger charge is -2.35. The van der Waals surface area contributed by atoms with Crippen molar-refractivity contribution in [2.24, 2.45) is 0 Å². The van der Waals surface area contributed by atoms with Crippen LogP contribution in [-0.2, 0) is 19.1 Å². The summed E-state index contributed by atoms with van der Waals surface area (Å²) < 4.78 is 10.6. The van der Waals surface area contributed by atoms with Crippen molar-refractivity contribution in [3.8, 4) is 6.07 Å². The lowest BCUT2D eigenvalue weighted by atomic mass is 10.2. The van der Waals surface area contributed by atoms with Crippen molar-refractivity contribution in [2.45, 2.75) is 32.5 Å². The average molecular weight is 359 g/mol. The molecule has 1 aromatic rings. The van der Waals surface area contributed by atoms with Gasteiger partial charge < -0.3 is 19.7 Å². The summed E-state index contributed by atoms with van der Waals surface area (Å²) in [4.78, 5) is 37.2. The Balaban J connectivity index is 1.85. The highest BCUT2D eigenvalue weighted by molar-refractivity contribution is 5.94. The predicted molar refractivity (Wildman–Crippen MR) is 92.2 cm³/mol. The molecule has 1 N–H and O–H groups in total. The third kappa shape index (κ3) is 5.57. The van der Waals surface area contributed by atoms with Crippen LogP contribution in [0.25, 0.3) is 0 Å². The molecule has 0 spiro atoms. The van der Waals surface area contributed by atoms with E-state index >= 15 is 0 Å². The molecule has 1 aliphatic rings. The fourth-order valence-electron chi connectivity index (χ4n) is 2.65. The Morgan fingerprint density at radius 1 is 1.23 bits per heavy atom. The van der Waals surface area contributed by atoms with E-state index in [0.29, 0.717) is 18.8 Å². The smallest absolute Gasteiger partial charge is 0.338 e. The van der Waals surface area contributed by atoms with E-state index in [-0.39, 0.29) is 36.7 Å². The molecule has 1 heterocycles. The normalized spacial score (nSPS) is 19.3. The topological polar surface area (TPSA) is 109 Å². The van der Waals surface area contributed by atoms with Gasteiger partial charge in [0.25, 0.3) is 5.91 Å². The Labute approximate surface area is 151 Å². The number of carbonyl (C=O) groups is 3. The van der Waals surface area contributed by atoms with Gasteiger partial charge >= 0.3 is 5.97 Å². The molecule has 2 amide bonds. The third-order valence-corrected chi connectivity index (χ3v) is 3.74. The summed E-state index contributed by atoms with van der Waals surface area (Å²) in [5.41, 5.74) is 0.731. The molecule has 0 unspecified atom stereocenters. The monoisotopic (exact) mass is 359 g/mol. The summed E-state index contributed by atoms with van der Waals surface area (Å²) in [6.07, 6.45) is -0.352. The molecule has 2 atom stereocenters. The van der Waals surface area contributed by atoms with E-state index in [9.17, 15) is 14.4 Å². The van der Waals surface area contributed by atoms with Crippen LogP contribution in [0, 0.1) is 11.3 Å². The van der Waals surface area contributed by atoms with E-state index in [1.165, 1.54) is 24.3 Å². The number of esters is 1. The molecule has 8 nitrogen and oxygen atoms in total. The van der Waals surface area contributed by atoms with E-state index in [0.717, 1.165) is 0 Å². The number of hydrogen-bond donors (Lipinski definition) is 1. The van der Waals surface area contributed by atoms with Crippen LogP contribution >= 0.6 is 0 Å². The Morgan fingerprint density at radius 3 is 2.42 bits per heavy atom. The molecule has 2 rings (SSSR count). The summed E-state index contributed by atoms with van der Waals surface area (Å²) in [5.74, 6) is -1.31. The van der Waals surface area contributed by atoms with Crippen molar-refractivity contribution >= 4 is 23.5 Å². The first-order valence-electron chi connectivity index (χ1n) is 8.26. The minimum Gasteiger partial charge on any atom is -0.452 e. The summed E-state index contributed by atoms with van der Waals surface area (Å²) in [6.45, 7) is 4.38. The first-order valence-corrected chi connectivity index (χ1v) is 8.26. The van der Waals surface area contributed by atoms with Gasteiger partial charge in [0.15, 0.2) is 6.61 Å². The third-order valence-electron chi connectivity index (χ3n) is 3.74. The van der Waals surface area contributed by atoms with Crippen molar-refractivity contribution in [1.82, 2.24) is 4.90 Å². The van der Waals surface area contributed by atoms with E-state index in [2.05, 4.69) is 5.32 Å². The summed E-state index contributed by atoms with van der Waals surface area (Å²) in [7, 11) is 0. The number of nitriles is 1. The van der Waals surface area contributed by atoms with E-state index in [1.54, 1.807) is 11.0 Å². The van der Waals surface area contributed by atoms with Crippen molar-refractivity contribution < 1.29 is 23.9 Å². The van der Waals surface area contributed by atoms with Crippen LogP contribution in [0.3, 0.4) is 0 Å². The van der Waals surface area contributed by atoms with Gasteiger partial charge in [-0.25, -0.2) is 4.79 Å². The quantitative estimate of drug-likeness (QED) is 0.795. The standard InChI is InChI=1S/C18H21N3O5/c1-12-9-21(10-13(2)26-12)17(23)11-25-18(24)14-3-5-15(6-4-14)20-16(22)7-8-19/h3-6,12-13H,7,9-11H2,1-2H3,(H,20,22)/t12-,13+. The fraction of sp³-hybridized carbons (Fsp3) is 0.444. The zero-order valence-corrected chi connectivity index (χ0v) is 14.7. The van der Waals surface area contributed by atoms with Crippen LogP contribution in [0.1, 0.15) is 30.6 Å². The Hall–Kier alpha value is -2.92. The van der Waals surface area contributed by atoms with Crippen molar-refractivity contribution in [3.05, 3.63) is 29.8 Å². The lowest BCUT2D eigenvalue weighted by molar-refractivity contribution is -0.146. The molecular formula is C18H21N3O5. The number of nitrogens with zero attached hydrogens (tertiary/aromatic N) is 2. The highest BCUT2D eigenvalue weighted by Crippen LogP contribution is 2.13. The van der Waals surface area contributed by atoms with Crippen LogP contribution in [-0.4, -0.2) is 54.6 Å². The molecule has 8 heteroatoms. The van der Waals surface area contributed by atoms with Gasteiger partial charge in [0, 0.05) is 18.8 Å². The number of benzene rings is 1. The van der Waals surface area contributed by atoms with E-state index in [4.69, 9.17) is 14.7 Å². The molecule has 0 saturated carbocycles. The highest BCUT2D eigenvalue weighted by atomic mass is 16.5. The maximum absolute atomic E-state index is 12.2. The first kappa shape index (κ1) is 19.4. The molecule has 1 aliphatic heterocycles. The zero-order chi connectivity index (χ0) is 19.1. The van der Waals surface area contributed by atoms with Gasteiger partial charge in [-0.3, -0.25) is 9.59 Å². The summed E-state index contributed by atoms with van der Waals surface area (Å²) >= 11 is 0. The van der Waals surface area contributed by atoms with Gasteiger partial charge in [0.2, 0.25) is 5.91 Å². The molecule has 1 saturated heterocycles. The number of rotatable bonds is 5. The largest absolute Gasteiger partial charge is 0.452 e. The maximum Gasteiger partial charge on any atom is 0.338 e. The van der Waals surface area contributed by atoms with Crippen LogP contribution in [0.15, 0.2) is 24.3 Å². The maximum atomic E-state index is 12.2. The predicted octanol–water partition coefficient (Wildman–Crippen LogP) is 1.33. The number of carbonyl (C=O) groups excluding carboxylic acids is 3. The average Bonchev–Trinajstić information content (AvgIpc) is 2.59. The molecule has 0 aromatic heterocycles. The second-order valence-electron chi connectivity index (χ2n) is 6.09. The van der Waals surface area contributed by atoms with E-state index < -0.39 is 11.9 Å². The van der Waals surface area contributed by atoms with Gasteiger partial charge in [-0.05, 0) is 38.1 Å². The molecule has 0 aliphatic carbocycles. The fourth-order valence-corrected chi connectivity index (χ4v) is 2.65. The minimum absolute atomic E-state index is 0.0535. The van der Waals surface area contributed by atoms with Crippen LogP contribution in [0.2, 0.25) is 0 Å². The summed E-state index contributed by atoms with van der Waals surface area (Å²) in [5, 5.41) is 11.0. The first-order chi connectivity index (χ1) is 12.4. The van der Waals surface area contributed by atoms with Crippen molar-refractivity contribution in [3.63, 3.8) is 0 Å². The van der Waals surface area contributed by atoms with Gasteiger partial charge in [0.05, 0.1) is 23.8 Å². The van der Waals surface area contributed by atoms with Gasteiger partial charge in [-0.1, -0.05) is 0 Å². The van der Waals surface area contributed by atoms with Crippen LogP contribution in [0.5, 0.6) is 0 Å². The number of nitrogens with one attached hydrogen (secondary N) is 1. The highest BCUT2D eigenvalue weighted by Gasteiger charge is 2.26. The molecule has 138 valence electrons. The Kier molecular flexibility index (Phi) is 6.69. The Morgan fingerprint density at radius 2 is 1.85 bits per heavy atom. The van der Waals surface area contributed by atoms with Crippen LogP contribution < -0.4 is 5.32 Å². The van der Waals surface area contributed by atoms with Crippen molar-refractivity contribution in [1.29, 1.82) is 5.26 Å². The second-order valence-corrected chi connectivity index (χ2v) is 6.09. The van der Waals surface area contributed by atoms with Crippen LogP contribution in [0.4, 0.5) is 5.69 Å². The minimum atomic E-state index is -0.623. The van der Waals surface area contributed by atoms with Gasteiger partial charge in [-0.2, -0.15) is 5.26 Å². The number of hydrogen-bond acceptors (Lipinski definition) is 6. The van der Waals surface area contributed by atoms with Gasteiger partial charge in [0.1, 0.15) is 6.42 Å². The number of anilines is 1. The number of amides is 2. The molecule has 0 radical (unpaired) electrons. The SMILES string of the molecule is C[C@@H]1CN(C(=O)COC(=O)c2ccc(NC(=O)CC#N)cc2)C[C@H](C)O1. The Bertz CT molecular complexity index is 701. The second kappa shape index (κ2) is 8.97. The lowest BCUT2D eigenvalue weighted by Crippen LogP contribution is -2.49. The zero-order valence-electron chi connectivity index (χ0n) is 14.7. The van der Waals surface area contributed by atoms with Gasteiger partial charge in [-0.15, -0.1) is 0 Å². The molecule has 0 bridgehead atoms. The number of morpholine rings is 1. The van der Waals surface area contributed by atoms with E-state index in [1.807, 2.05) is 13.8 Å². The number of ether oxygens (including phenoxy) is 2. The molecule has 1 fully saturated rings. The van der Waals surface area contributed by atoms with Crippen molar-refractivity contribution in [2.75, 3.05) is 25.0 Å². The summed E-state index contributed by atoms with van der Waals surface area (Å²) in [6, 6.07) is 7.76. The molecular weight excluding hydrogens is 338 g/mol. The molecule has 26 heavy (non-hydrogen) atoms. The molecule has 1 aromatic carbocycles.